The Kier molecular flexibility index (Phi) is 3.55. The number of hydrogen-bond donors (Lipinski definition) is 2. The molecule has 0 atom stereocenters. The van der Waals surface area contributed by atoms with Gasteiger partial charge in [-0.1, -0.05) is 26.2 Å². The van der Waals surface area contributed by atoms with Crippen molar-refractivity contribution >= 4 is 17.3 Å². The van der Waals surface area contributed by atoms with Crippen LogP contribution >= 0.6 is 0 Å². The Hall–Kier alpha value is -1.58. The monoisotopic (exact) mass is 250 g/mol. The number of carbonyl (C=O) groups excluding carboxylic acids is 1. The van der Waals surface area contributed by atoms with Gasteiger partial charge in [-0.2, -0.15) is 0 Å². The van der Waals surface area contributed by atoms with Gasteiger partial charge in [-0.25, -0.2) is 4.39 Å². The summed E-state index contributed by atoms with van der Waals surface area (Å²) in [7, 11) is 0. The molecule has 4 heteroatoms. The second-order valence-electron chi connectivity index (χ2n) is 5.31. The third-order valence-electron chi connectivity index (χ3n) is 3.75. The number of nitrogen functional groups attached to an aromatic ring is 1. The Morgan fingerprint density at radius 1 is 1.33 bits per heavy atom. The summed E-state index contributed by atoms with van der Waals surface area (Å²) >= 11 is 0. The Labute approximate surface area is 107 Å². The van der Waals surface area contributed by atoms with Gasteiger partial charge < -0.3 is 11.1 Å². The molecule has 0 saturated heterocycles. The minimum atomic E-state index is -0.484. The third-order valence-corrected chi connectivity index (χ3v) is 3.75. The zero-order chi connectivity index (χ0) is 13.2. The van der Waals surface area contributed by atoms with Crippen molar-refractivity contribution in [2.45, 2.75) is 39.0 Å². The molecule has 2 rings (SSSR count). The van der Waals surface area contributed by atoms with Gasteiger partial charge in [-0.05, 0) is 31.0 Å². The fourth-order valence-electron chi connectivity index (χ4n) is 2.47. The maximum atomic E-state index is 13.6. The first-order valence-corrected chi connectivity index (χ1v) is 6.38. The van der Waals surface area contributed by atoms with Gasteiger partial charge in [0.15, 0.2) is 0 Å². The van der Waals surface area contributed by atoms with Gasteiger partial charge in [0.2, 0.25) is 5.91 Å². The van der Waals surface area contributed by atoms with Crippen LogP contribution in [0.5, 0.6) is 0 Å². The second kappa shape index (κ2) is 4.96. The van der Waals surface area contributed by atoms with Crippen LogP contribution in [0.2, 0.25) is 0 Å². The molecule has 0 heterocycles. The van der Waals surface area contributed by atoms with Crippen LogP contribution in [0.3, 0.4) is 0 Å². The molecule has 1 amide bonds. The largest absolute Gasteiger partial charge is 0.399 e. The van der Waals surface area contributed by atoms with E-state index in [1.807, 2.05) is 6.92 Å². The van der Waals surface area contributed by atoms with E-state index in [9.17, 15) is 9.18 Å². The quantitative estimate of drug-likeness (QED) is 0.791. The summed E-state index contributed by atoms with van der Waals surface area (Å²) in [4.78, 5) is 12.2. The number of nitrogens with one attached hydrogen (secondary N) is 1. The minimum Gasteiger partial charge on any atom is -0.399 e. The summed E-state index contributed by atoms with van der Waals surface area (Å²) in [6, 6.07) is 4.31. The van der Waals surface area contributed by atoms with E-state index in [0.717, 1.165) is 25.7 Å². The molecule has 0 aromatic heterocycles. The maximum Gasteiger partial charge on any atom is 0.230 e. The highest BCUT2D eigenvalue weighted by Crippen LogP contribution is 2.37. The number of halogens is 1. The molecule has 1 fully saturated rings. The van der Waals surface area contributed by atoms with Crippen LogP contribution in [-0.4, -0.2) is 5.91 Å². The zero-order valence-corrected chi connectivity index (χ0v) is 10.6. The molecule has 0 unspecified atom stereocenters. The van der Waals surface area contributed by atoms with E-state index in [0.29, 0.717) is 5.69 Å². The Morgan fingerprint density at radius 2 is 2.00 bits per heavy atom. The van der Waals surface area contributed by atoms with Crippen molar-refractivity contribution in [3.63, 3.8) is 0 Å². The molecule has 1 saturated carbocycles. The molecule has 1 aliphatic rings. The highest BCUT2D eigenvalue weighted by atomic mass is 19.1. The van der Waals surface area contributed by atoms with E-state index >= 15 is 0 Å². The van der Waals surface area contributed by atoms with Crippen LogP contribution in [0.15, 0.2) is 18.2 Å². The van der Waals surface area contributed by atoms with Gasteiger partial charge in [-0.15, -0.1) is 0 Å². The number of hydrogen-bond acceptors (Lipinski definition) is 2. The number of carbonyl (C=O) groups is 1. The van der Waals surface area contributed by atoms with Crippen LogP contribution in [-0.2, 0) is 4.79 Å². The molecule has 0 spiro atoms. The minimum absolute atomic E-state index is 0.0918. The van der Waals surface area contributed by atoms with Crippen LogP contribution in [0.4, 0.5) is 15.8 Å². The number of amides is 1. The fraction of sp³-hybridized carbons (Fsp3) is 0.500. The zero-order valence-electron chi connectivity index (χ0n) is 10.6. The van der Waals surface area contributed by atoms with Crippen molar-refractivity contribution in [2.75, 3.05) is 11.1 Å². The standard InChI is InChI=1S/C14H19FN2O/c1-14(7-3-2-4-8-14)13(18)17-12-6-5-10(16)9-11(12)15/h5-6,9H,2-4,7-8,16H2,1H3,(H,17,18). The highest BCUT2D eigenvalue weighted by Gasteiger charge is 2.34. The normalized spacial score (nSPS) is 18.3. The van der Waals surface area contributed by atoms with Crippen molar-refractivity contribution < 1.29 is 9.18 Å². The van der Waals surface area contributed by atoms with Gasteiger partial charge in [-0.3, -0.25) is 4.79 Å². The van der Waals surface area contributed by atoms with Gasteiger partial charge in [0.05, 0.1) is 5.69 Å². The van der Waals surface area contributed by atoms with Gasteiger partial charge >= 0.3 is 0 Å². The average Bonchev–Trinajstić information content (AvgIpc) is 2.33. The van der Waals surface area contributed by atoms with Crippen LogP contribution < -0.4 is 11.1 Å². The Balaban J connectivity index is 2.11. The van der Waals surface area contributed by atoms with Crippen LogP contribution in [0.25, 0.3) is 0 Å². The molecule has 0 aliphatic heterocycles. The van der Waals surface area contributed by atoms with E-state index < -0.39 is 5.82 Å². The molecule has 1 aliphatic carbocycles. The van der Waals surface area contributed by atoms with E-state index in [1.165, 1.54) is 18.6 Å². The summed E-state index contributed by atoms with van der Waals surface area (Å²) in [5, 5.41) is 2.68. The molecule has 3 nitrogen and oxygen atoms in total. The highest BCUT2D eigenvalue weighted by molar-refractivity contribution is 5.95. The van der Waals surface area contributed by atoms with E-state index in [-0.39, 0.29) is 17.0 Å². The summed E-state index contributed by atoms with van der Waals surface area (Å²) in [6.07, 6.45) is 5.05. The molecule has 98 valence electrons. The molecular formula is C14H19FN2O. The van der Waals surface area contributed by atoms with Crippen molar-refractivity contribution in [1.29, 1.82) is 0 Å². The molecule has 1 aromatic carbocycles. The lowest BCUT2D eigenvalue weighted by Gasteiger charge is -2.32. The van der Waals surface area contributed by atoms with Gasteiger partial charge in [0.1, 0.15) is 5.82 Å². The first kappa shape index (κ1) is 12.9. The molecule has 3 N–H and O–H groups in total. The molecule has 0 bridgehead atoms. The molecule has 1 aromatic rings. The number of nitrogens with two attached hydrogens (primary N) is 1. The summed E-state index contributed by atoms with van der Waals surface area (Å²) in [5.74, 6) is -0.575. The second-order valence-corrected chi connectivity index (χ2v) is 5.31. The SMILES string of the molecule is CC1(C(=O)Nc2ccc(N)cc2F)CCCCC1. The topological polar surface area (TPSA) is 55.1 Å². The van der Waals surface area contributed by atoms with Crippen molar-refractivity contribution in [2.24, 2.45) is 5.41 Å². The third kappa shape index (κ3) is 2.63. The summed E-state index contributed by atoms with van der Waals surface area (Å²) in [5.41, 5.74) is 5.67. The predicted octanol–water partition coefficient (Wildman–Crippen LogP) is 3.32. The number of rotatable bonds is 2. The Bertz CT molecular complexity index is 453. The number of benzene rings is 1. The average molecular weight is 250 g/mol. The summed E-state index contributed by atoms with van der Waals surface area (Å²) in [6.45, 7) is 1.96. The van der Waals surface area contributed by atoms with E-state index in [4.69, 9.17) is 5.73 Å². The first-order chi connectivity index (χ1) is 8.51. The first-order valence-electron chi connectivity index (χ1n) is 6.38. The number of anilines is 2. The van der Waals surface area contributed by atoms with Gasteiger partial charge in [0, 0.05) is 11.1 Å². The lowest BCUT2D eigenvalue weighted by Crippen LogP contribution is -2.35. The van der Waals surface area contributed by atoms with E-state index in [1.54, 1.807) is 6.07 Å². The van der Waals surface area contributed by atoms with E-state index in [2.05, 4.69) is 5.32 Å². The Morgan fingerprint density at radius 3 is 2.61 bits per heavy atom. The van der Waals surface area contributed by atoms with Crippen LogP contribution in [0, 0.1) is 11.2 Å². The molecule has 0 radical (unpaired) electrons. The molecule has 18 heavy (non-hydrogen) atoms. The van der Waals surface area contributed by atoms with Crippen molar-refractivity contribution in [1.82, 2.24) is 0 Å². The van der Waals surface area contributed by atoms with Crippen molar-refractivity contribution in [3.8, 4) is 0 Å². The van der Waals surface area contributed by atoms with Gasteiger partial charge in [0.25, 0.3) is 0 Å². The fourth-order valence-corrected chi connectivity index (χ4v) is 2.47. The van der Waals surface area contributed by atoms with Crippen LogP contribution in [0.1, 0.15) is 39.0 Å². The smallest absolute Gasteiger partial charge is 0.230 e. The lowest BCUT2D eigenvalue weighted by molar-refractivity contribution is -0.126. The predicted molar refractivity (Wildman–Crippen MR) is 70.6 cm³/mol. The maximum absolute atomic E-state index is 13.6. The summed E-state index contributed by atoms with van der Waals surface area (Å²) < 4.78 is 13.6. The molecular weight excluding hydrogens is 231 g/mol. The lowest BCUT2D eigenvalue weighted by atomic mass is 9.75. The van der Waals surface area contributed by atoms with Crippen molar-refractivity contribution in [3.05, 3.63) is 24.0 Å².